The third-order valence-corrected chi connectivity index (χ3v) is 4.09. The largest absolute Gasteiger partial charge is 0.392 e. The molecule has 0 aromatic heterocycles. The zero-order chi connectivity index (χ0) is 9.90. The average Bonchev–Trinajstić information content (AvgIpc) is 2.50. The van der Waals surface area contributed by atoms with Crippen LogP contribution in [0.1, 0.15) is 46.5 Å². The molecule has 0 aromatic rings. The number of rotatable bonds is 3. The Morgan fingerprint density at radius 3 is 2.62 bits per heavy atom. The van der Waals surface area contributed by atoms with E-state index in [9.17, 15) is 5.11 Å². The second kappa shape index (κ2) is 4.70. The van der Waals surface area contributed by atoms with Crippen LogP contribution < -0.4 is 0 Å². The highest BCUT2D eigenvalue weighted by Gasteiger charge is 2.24. The van der Waals surface area contributed by atoms with Gasteiger partial charge in [0.15, 0.2) is 0 Å². The molecule has 0 amide bonds. The van der Waals surface area contributed by atoms with Crippen molar-refractivity contribution in [3.8, 4) is 0 Å². The molecule has 2 heteroatoms. The predicted octanol–water partition coefficient (Wildman–Crippen LogP) is 3.07. The summed E-state index contributed by atoms with van der Waals surface area (Å²) in [6.45, 7) is 6.71. The van der Waals surface area contributed by atoms with E-state index in [1.807, 2.05) is 11.8 Å². The molecule has 1 N–H and O–H groups in total. The summed E-state index contributed by atoms with van der Waals surface area (Å²) in [7, 11) is 0. The molecule has 0 radical (unpaired) electrons. The van der Waals surface area contributed by atoms with Gasteiger partial charge in [0.05, 0.1) is 6.10 Å². The van der Waals surface area contributed by atoms with Crippen molar-refractivity contribution in [1.29, 1.82) is 0 Å². The molecule has 1 heterocycles. The van der Waals surface area contributed by atoms with Crippen LogP contribution in [0, 0.1) is 5.41 Å². The van der Waals surface area contributed by atoms with Gasteiger partial charge in [-0.3, -0.25) is 0 Å². The van der Waals surface area contributed by atoms with Gasteiger partial charge in [0.1, 0.15) is 0 Å². The summed E-state index contributed by atoms with van der Waals surface area (Å²) in [6, 6.07) is 0. The van der Waals surface area contributed by atoms with Gasteiger partial charge in [-0.2, -0.15) is 11.8 Å². The molecule has 0 aromatic carbocycles. The van der Waals surface area contributed by atoms with Crippen molar-refractivity contribution in [2.24, 2.45) is 5.41 Å². The van der Waals surface area contributed by atoms with Crippen molar-refractivity contribution in [2.45, 2.75) is 57.8 Å². The highest BCUT2D eigenvalue weighted by atomic mass is 32.2. The first-order valence-electron chi connectivity index (χ1n) is 5.29. The summed E-state index contributed by atoms with van der Waals surface area (Å²) in [4.78, 5) is 0. The summed E-state index contributed by atoms with van der Waals surface area (Å²) >= 11 is 1.95. The lowest BCUT2D eigenvalue weighted by atomic mass is 9.88. The summed E-state index contributed by atoms with van der Waals surface area (Å²) in [5.41, 5.74) is 0.365. The van der Waals surface area contributed by atoms with Crippen molar-refractivity contribution in [2.75, 3.05) is 5.75 Å². The molecular formula is C11H22OS. The zero-order valence-corrected chi connectivity index (χ0v) is 9.86. The van der Waals surface area contributed by atoms with Crippen molar-refractivity contribution >= 4 is 11.8 Å². The van der Waals surface area contributed by atoms with E-state index in [-0.39, 0.29) is 6.10 Å². The molecule has 78 valence electrons. The Balaban J connectivity index is 2.20. The van der Waals surface area contributed by atoms with Crippen LogP contribution in [0.3, 0.4) is 0 Å². The van der Waals surface area contributed by atoms with Gasteiger partial charge < -0.3 is 5.11 Å². The number of aliphatic hydroxyl groups excluding tert-OH is 1. The Bertz CT molecular complexity index is 145. The maximum atomic E-state index is 9.89. The minimum absolute atomic E-state index is 0.0632. The predicted molar refractivity (Wildman–Crippen MR) is 60.2 cm³/mol. The van der Waals surface area contributed by atoms with Gasteiger partial charge in [0.2, 0.25) is 0 Å². The van der Waals surface area contributed by atoms with Crippen molar-refractivity contribution < 1.29 is 5.11 Å². The van der Waals surface area contributed by atoms with Crippen LogP contribution >= 0.6 is 11.8 Å². The Morgan fingerprint density at radius 1 is 1.46 bits per heavy atom. The quantitative estimate of drug-likeness (QED) is 0.759. The second-order valence-corrected chi connectivity index (χ2v) is 6.57. The smallest absolute Gasteiger partial charge is 0.0659 e. The molecule has 1 saturated heterocycles. The number of hydrogen-bond donors (Lipinski definition) is 1. The molecule has 0 bridgehead atoms. The van der Waals surface area contributed by atoms with Crippen LogP contribution in [0.15, 0.2) is 0 Å². The van der Waals surface area contributed by atoms with Crippen molar-refractivity contribution in [3.05, 3.63) is 0 Å². The lowest BCUT2D eigenvalue weighted by molar-refractivity contribution is 0.142. The lowest BCUT2D eigenvalue weighted by Gasteiger charge is -2.23. The van der Waals surface area contributed by atoms with E-state index in [1.165, 1.54) is 18.6 Å². The third-order valence-electron chi connectivity index (χ3n) is 2.58. The van der Waals surface area contributed by atoms with Crippen LogP contribution in [0.5, 0.6) is 0 Å². The first kappa shape index (κ1) is 11.4. The molecule has 1 fully saturated rings. The maximum Gasteiger partial charge on any atom is 0.0659 e. The minimum Gasteiger partial charge on any atom is -0.392 e. The molecule has 1 aliphatic heterocycles. The van der Waals surface area contributed by atoms with E-state index in [0.717, 1.165) is 12.8 Å². The van der Waals surface area contributed by atoms with Crippen LogP contribution in [0.4, 0.5) is 0 Å². The van der Waals surface area contributed by atoms with Gasteiger partial charge in [-0.1, -0.05) is 20.8 Å². The molecule has 2 atom stereocenters. The zero-order valence-electron chi connectivity index (χ0n) is 9.05. The Hall–Kier alpha value is 0.310. The Kier molecular flexibility index (Phi) is 4.11. The number of thioether (sulfide) groups is 1. The SMILES string of the molecule is CC(C)(C)CCC(O)C1CCCS1. The highest BCUT2D eigenvalue weighted by molar-refractivity contribution is 8.00. The van der Waals surface area contributed by atoms with E-state index in [0.29, 0.717) is 10.7 Å². The highest BCUT2D eigenvalue weighted by Crippen LogP contribution is 2.32. The Morgan fingerprint density at radius 2 is 2.15 bits per heavy atom. The summed E-state index contributed by atoms with van der Waals surface area (Å²) in [6.07, 6.45) is 4.55. The third kappa shape index (κ3) is 4.37. The standard InChI is InChI=1S/C11H22OS/c1-11(2,3)7-6-9(12)10-5-4-8-13-10/h9-10,12H,4-8H2,1-3H3. The van der Waals surface area contributed by atoms with E-state index in [2.05, 4.69) is 20.8 Å². The second-order valence-electron chi connectivity index (χ2n) is 5.22. The fourth-order valence-corrected chi connectivity index (χ4v) is 3.00. The minimum atomic E-state index is -0.0632. The summed E-state index contributed by atoms with van der Waals surface area (Å²) in [5, 5.41) is 10.4. The fraction of sp³-hybridized carbons (Fsp3) is 1.00. The molecule has 2 unspecified atom stereocenters. The molecule has 1 aliphatic rings. The lowest BCUT2D eigenvalue weighted by Crippen LogP contribution is -2.22. The molecular weight excluding hydrogens is 180 g/mol. The number of hydrogen-bond acceptors (Lipinski definition) is 2. The molecule has 0 aliphatic carbocycles. The van der Waals surface area contributed by atoms with Crippen molar-refractivity contribution in [1.82, 2.24) is 0 Å². The molecule has 13 heavy (non-hydrogen) atoms. The topological polar surface area (TPSA) is 20.2 Å². The van der Waals surface area contributed by atoms with E-state index in [1.54, 1.807) is 0 Å². The Labute approximate surface area is 86.3 Å². The van der Waals surface area contributed by atoms with Crippen LogP contribution in [-0.2, 0) is 0 Å². The van der Waals surface area contributed by atoms with Crippen molar-refractivity contribution in [3.63, 3.8) is 0 Å². The number of aliphatic hydroxyl groups is 1. The first-order chi connectivity index (χ1) is 5.99. The van der Waals surface area contributed by atoms with Gasteiger partial charge in [0.25, 0.3) is 0 Å². The fourth-order valence-electron chi connectivity index (χ4n) is 1.67. The van der Waals surface area contributed by atoms with E-state index < -0.39 is 0 Å². The molecule has 1 rings (SSSR count). The average molecular weight is 202 g/mol. The van der Waals surface area contributed by atoms with Gasteiger partial charge >= 0.3 is 0 Å². The monoisotopic (exact) mass is 202 g/mol. The van der Waals surface area contributed by atoms with Gasteiger partial charge in [-0.15, -0.1) is 0 Å². The van der Waals surface area contributed by atoms with E-state index >= 15 is 0 Å². The summed E-state index contributed by atoms with van der Waals surface area (Å²) in [5.74, 6) is 1.25. The van der Waals surface area contributed by atoms with Crippen LogP contribution in [0.2, 0.25) is 0 Å². The van der Waals surface area contributed by atoms with Crippen LogP contribution in [0.25, 0.3) is 0 Å². The molecule has 1 nitrogen and oxygen atoms in total. The van der Waals surface area contributed by atoms with Gasteiger partial charge in [0, 0.05) is 5.25 Å². The maximum absolute atomic E-state index is 9.89. The van der Waals surface area contributed by atoms with Gasteiger partial charge in [-0.25, -0.2) is 0 Å². The van der Waals surface area contributed by atoms with Gasteiger partial charge in [-0.05, 0) is 36.9 Å². The van der Waals surface area contributed by atoms with Crippen LogP contribution in [-0.4, -0.2) is 22.2 Å². The first-order valence-corrected chi connectivity index (χ1v) is 6.33. The van der Waals surface area contributed by atoms with E-state index in [4.69, 9.17) is 0 Å². The molecule has 0 spiro atoms. The molecule has 0 saturated carbocycles. The summed E-state index contributed by atoms with van der Waals surface area (Å²) < 4.78 is 0. The normalized spacial score (nSPS) is 26.3.